The van der Waals surface area contributed by atoms with E-state index in [0.29, 0.717) is 23.9 Å². The maximum atomic E-state index is 12.5. The van der Waals surface area contributed by atoms with Crippen LogP contribution < -0.4 is 11.1 Å². The van der Waals surface area contributed by atoms with Gasteiger partial charge in [0.15, 0.2) is 0 Å². The number of aliphatic hydroxyl groups is 1. The van der Waals surface area contributed by atoms with Crippen molar-refractivity contribution in [1.82, 2.24) is 5.32 Å². The molecule has 4 bridgehead atoms. The minimum Gasteiger partial charge on any atom is -0.399 e. The highest BCUT2D eigenvalue weighted by Crippen LogP contribution is 2.62. The number of carbonyl (C=O) groups excluding carboxylic acids is 1. The molecule has 130 valence electrons. The van der Waals surface area contributed by atoms with E-state index in [-0.39, 0.29) is 17.4 Å². The molecule has 4 aliphatic rings. The molecule has 4 nitrogen and oxygen atoms in total. The third-order valence-electron chi connectivity index (χ3n) is 6.72. The van der Waals surface area contributed by atoms with Gasteiger partial charge in [0.1, 0.15) is 0 Å². The molecule has 4 fully saturated rings. The molecule has 3 atom stereocenters. The van der Waals surface area contributed by atoms with Gasteiger partial charge < -0.3 is 16.2 Å². The summed E-state index contributed by atoms with van der Waals surface area (Å²) in [5.74, 6) is 1.36. The van der Waals surface area contributed by atoms with Crippen LogP contribution in [-0.2, 0) is 11.2 Å². The van der Waals surface area contributed by atoms with E-state index in [4.69, 9.17) is 5.73 Å². The molecule has 1 aromatic carbocycles. The fourth-order valence-corrected chi connectivity index (χ4v) is 6.06. The number of hydrogen-bond acceptors (Lipinski definition) is 3. The van der Waals surface area contributed by atoms with Gasteiger partial charge in [0.2, 0.25) is 5.91 Å². The van der Waals surface area contributed by atoms with E-state index < -0.39 is 5.60 Å². The zero-order valence-electron chi connectivity index (χ0n) is 14.4. The van der Waals surface area contributed by atoms with Crippen molar-refractivity contribution in [3.63, 3.8) is 0 Å². The first-order valence-electron chi connectivity index (χ1n) is 9.22. The summed E-state index contributed by atoms with van der Waals surface area (Å²) in [6, 6.07) is 7.61. The Hall–Kier alpha value is -1.55. The minimum atomic E-state index is -0.472. The van der Waals surface area contributed by atoms with Crippen LogP contribution in [0, 0.1) is 17.3 Å². The average Bonchev–Trinajstić information content (AvgIpc) is 2.47. The van der Waals surface area contributed by atoms with Gasteiger partial charge in [-0.25, -0.2) is 0 Å². The zero-order valence-corrected chi connectivity index (χ0v) is 14.4. The molecular formula is C20H28N2O2. The molecule has 0 heterocycles. The van der Waals surface area contributed by atoms with Gasteiger partial charge in [-0.2, -0.15) is 0 Å². The Morgan fingerprint density at radius 1 is 1.25 bits per heavy atom. The molecule has 24 heavy (non-hydrogen) atoms. The summed E-state index contributed by atoms with van der Waals surface area (Å²) >= 11 is 0. The molecule has 4 heteroatoms. The van der Waals surface area contributed by atoms with Crippen molar-refractivity contribution in [2.45, 2.75) is 63.5 Å². The van der Waals surface area contributed by atoms with Crippen LogP contribution in [0.2, 0.25) is 0 Å². The highest BCUT2D eigenvalue weighted by molar-refractivity contribution is 5.79. The molecule has 4 N–H and O–H groups in total. The molecule has 0 spiro atoms. The number of nitrogen functional groups attached to an aromatic ring is 1. The number of hydrogen-bond donors (Lipinski definition) is 3. The Bertz CT molecular complexity index is 626. The number of nitrogens with one attached hydrogen (secondary N) is 1. The number of rotatable bonds is 4. The minimum absolute atomic E-state index is 0.0648. The molecule has 1 aromatic rings. The van der Waals surface area contributed by atoms with Gasteiger partial charge in [-0.3, -0.25) is 4.79 Å². The van der Waals surface area contributed by atoms with Crippen molar-refractivity contribution in [1.29, 1.82) is 0 Å². The Kier molecular flexibility index (Phi) is 3.64. The summed E-state index contributed by atoms with van der Waals surface area (Å²) in [5, 5.41) is 14.1. The van der Waals surface area contributed by atoms with Crippen molar-refractivity contribution in [2.24, 2.45) is 17.3 Å². The second-order valence-corrected chi connectivity index (χ2v) is 8.76. The topological polar surface area (TPSA) is 75.4 Å². The first-order valence-corrected chi connectivity index (χ1v) is 9.22. The van der Waals surface area contributed by atoms with Crippen LogP contribution >= 0.6 is 0 Å². The molecule has 0 unspecified atom stereocenters. The van der Waals surface area contributed by atoms with Crippen molar-refractivity contribution >= 4 is 11.6 Å². The predicted octanol–water partition coefficient (Wildman–Crippen LogP) is 2.65. The molecule has 0 saturated heterocycles. The lowest BCUT2D eigenvalue weighted by Crippen LogP contribution is -2.61. The van der Waals surface area contributed by atoms with E-state index in [1.807, 2.05) is 24.3 Å². The maximum absolute atomic E-state index is 12.5. The second-order valence-electron chi connectivity index (χ2n) is 8.76. The molecule has 0 aromatic heterocycles. The van der Waals surface area contributed by atoms with Crippen LogP contribution in [0.1, 0.15) is 51.0 Å². The van der Waals surface area contributed by atoms with E-state index >= 15 is 0 Å². The monoisotopic (exact) mass is 328 g/mol. The lowest BCUT2D eigenvalue weighted by Gasteiger charge is -2.62. The van der Waals surface area contributed by atoms with Crippen LogP contribution in [-0.4, -0.2) is 22.7 Å². The fourth-order valence-electron chi connectivity index (χ4n) is 6.06. The summed E-state index contributed by atoms with van der Waals surface area (Å²) in [6.07, 6.45) is 6.78. The van der Waals surface area contributed by atoms with E-state index in [0.717, 1.165) is 37.7 Å². The normalized spacial score (nSPS) is 38.1. The number of anilines is 1. The van der Waals surface area contributed by atoms with E-state index in [9.17, 15) is 9.90 Å². The SMILES string of the molecule is C[C@@H](NC(=O)Cc1ccc(N)cc1)C12C[C@H]3C[C@@H](CC(O)(C3)C1)C2. The van der Waals surface area contributed by atoms with Gasteiger partial charge in [0.25, 0.3) is 0 Å². The second kappa shape index (κ2) is 5.48. The lowest BCUT2D eigenvalue weighted by atomic mass is 9.46. The predicted molar refractivity (Wildman–Crippen MR) is 94.2 cm³/mol. The standard InChI is InChI=1S/C20H28N2O2/c1-13(22-18(23)7-14-2-4-17(21)5-3-14)19-8-15-6-16(9-19)11-20(24,10-15)12-19/h2-5,13,15-16,24H,6-12,21H2,1H3,(H,22,23)/t13-,15-,16-,19?,20?/m1/s1. The molecule has 1 amide bonds. The van der Waals surface area contributed by atoms with Gasteiger partial charge in [-0.15, -0.1) is 0 Å². The van der Waals surface area contributed by atoms with Crippen molar-refractivity contribution in [3.05, 3.63) is 29.8 Å². The quantitative estimate of drug-likeness (QED) is 0.744. The number of carbonyl (C=O) groups is 1. The summed E-state index contributed by atoms with van der Waals surface area (Å²) in [6.45, 7) is 2.14. The van der Waals surface area contributed by atoms with Gasteiger partial charge in [-0.1, -0.05) is 12.1 Å². The third kappa shape index (κ3) is 2.81. The maximum Gasteiger partial charge on any atom is 0.224 e. The average molecular weight is 328 g/mol. The van der Waals surface area contributed by atoms with E-state index in [2.05, 4.69) is 12.2 Å². The summed E-state index contributed by atoms with van der Waals surface area (Å²) in [4.78, 5) is 12.5. The molecule has 4 saturated carbocycles. The first-order chi connectivity index (χ1) is 11.4. The Morgan fingerprint density at radius 2 is 1.88 bits per heavy atom. The van der Waals surface area contributed by atoms with Gasteiger partial charge in [0, 0.05) is 11.7 Å². The molecule has 5 rings (SSSR count). The van der Waals surface area contributed by atoms with Crippen molar-refractivity contribution < 1.29 is 9.90 Å². The summed E-state index contributed by atoms with van der Waals surface area (Å²) in [5.41, 5.74) is 7.02. The highest BCUT2D eigenvalue weighted by Gasteiger charge is 2.58. The number of amides is 1. The zero-order chi connectivity index (χ0) is 16.9. The van der Waals surface area contributed by atoms with Gasteiger partial charge in [0.05, 0.1) is 12.0 Å². The highest BCUT2D eigenvalue weighted by atomic mass is 16.3. The van der Waals surface area contributed by atoms with E-state index in [1.165, 1.54) is 6.42 Å². The van der Waals surface area contributed by atoms with Crippen LogP contribution in [0.25, 0.3) is 0 Å². The number of benzene rings is 1. The van der Waals surface area contributed by atoms with E-state index in [1.54, 1.807) is 0 Å². The van der Waals surface area contributed by atoms with Gasteiger partial charge in [-0.05, 0) is 80.4 Å². The van der Waals surface area contributed by atoms with Crippen LogP contribution in [0.4, 0.5) is 5.69 Å². The van der Waals surface area contributed by atoms with Gasteiger partial charge >= 0.3 is 0 Å². The lowest BCUT2D eigenvalue weighted by molar-refractivity contribution is -0.173. The first kappa shape index (κ1) is 15.9. The molecule has 0 aliphatic heterocycles. The molecule has 4 aliphatic carbocycles. The smallest absolute Gasteiger partial charge is 0.224 e. The van der Waals surface area contributed by atoms with Crippen molar-refractivity contribution in [2.75, 3.05) is 5.73 Å². The van der Waals surface area contributed by atoms with Crippen LogP contribution in [0.5, 0.6) is 0 Å². The molecule has 0 radical (unpaired) electrons. The fraction of sp³-hybridized carbons (Fsp3) is 0.650. The Labute approximate surface area is 143 Å². The number of nitrogens with two attached hydrogens (primary N) is 1. The summed E-state index contributed by atoms with van der Waals surface area (Å²) < 4.78 is 0. The van der Waals surface area contributed by atoms with Crippen LogP contribution in [0.3, 0.4) is 0 Å². The summed E-state index contributed by atoms with van der Waals surface area (Å²) in [7, 11) is 0. The Balaban J connectivity index is 1.43. The van der Waals surface area contributed by atoms with Crippen molar-refractivity contribution in [3.8, 4) is 0 Å². The third-order valence-corrected chi connectivity index (χ3v) is 6.72. The largest absolute Gasteiger partial charge is 0.399 e. The Morgan fingerprint density at radius 3 is 2.46 bits per heavy atom. The molecular weight excluding hydrogens is 300 g/mol. The van der Waals surface area contributed by atoms with Crippen LogP contribution in [0.15, 0.2) is 24.3 Å².